The molecule has 0 saturated carbocycles. The Kier molecular flexibility index (Phi) is 6.66. The topological polar surface area (TPSA) is 66.2 Å². The van der Waals surface area contributed by atoms with Gasteiger partial charge in [0.25, 0.3) is 0 Å². The number of ketones is 1. The Hall–Kier alpha value is -3.13. The minimum absolute atomic E-state index is 0.0672. The number of methoxy groups -OCH3 is 2. The summed E-state index contributed by atoms with van der Waals surface area (Å²) in [5.74, 6) is 1.06. The van der Waals surface area contributed by atoms with E-state index >= 15 is 0 Å². The molecule has 0 spiro atoms. The lowest BCUT2D eigenvalue weighted by molar-refractivity contribution is 0.101. The van der Waals surface area contributed by atoms with Gasteiger partial charge >= 0.3 is 0 Å². The number of Topliss-reactive ketones (excluding diaryl/α,β-unsaturated/α-hetero) is 1. The molecular formula is C21H20FN3O3S. The van der Waals surface area contributed by atoms with Crippen molar-refractivity contribution in [3.8, 4) is 22.9 Å². The molecule has 0 fully saturated rings. The molecule has 0 N–H and O–H groups in total. The number of halogens is 1. The lowest BCUT2D eigenvalue weighted by atomic mass is 10.1. The number of carbonyl (C=O) groups excluding carboxylic acids is 1. The van der Waals surface area contributed by atoms with Crippen LogP contribution in [0.1, 0.15) is 10.4 Å². The summed E-state index contributed by atoms with van der Waals surface area (Å²) in [4.78, 5) is 12.6. The monoisotopic (exact) mass is 413 g/mol. The van der Waals surface area contributed by atoms with E-state index in [-0.39, 0.29) is 17.1 Å². The van der Waals surface area contributed by atoms with Gasteiger partial charge in [0.2, 0.25) is 0 Å². The molecule has 1 aromatic heterocycles. The SMILES string of the molecule is C=CCn1c(SCC(=O)c2cc(F)ccc2OC)nnc1-c1ccc(OC)cc1. The van der Waals surface area contributed by atoms with Crippen molar-refractivity contribution in [3.05, 3.63) is 66.5 Å². The van der Waals surface area contributed by atoms with Crippen LogP contribution in [0.25, 0.3) is 11.4 Å². The third kappa shape index (κ3) is 4.65. The Morgan fingerprint density at radius 3 is 2.59 bits per heavy atom. The van der Waals surface area contributed by atoms with Gasteiger partial charge in [-0.1, -0.05) is 17.8 Å². The summed E-state index contributed by atoms with van der Waals surface area (Å²) in [6, 6.07) is 11.3. The maximum absolute atomic E-state index is 13.6. The van der Waals surface area contributed by atoms with E-state index in [9.17, 15) is 9.18 Å². The van der Waals surface area contributed by atoms with Crippen molar-refractivity contribution in [1.29, 1.82) is 0 Å². The second-order valence-corrected chi connectivity index (χ2v) is 6.93. The van der Waals surface area contributed by atoms with Crippen molar-refractivity contribution < 1.29 is 18.7 Å². The average molecular weight is 413 g/mol. The normalized spacial score (nSPS) is 10.6. The Balaban J connectivity index is 1.82. The van der Waals surface area contributed by atoms with Gasteiger partial charge in [0, 0.05) is 12.1 Å². The van der Waals surface area contributed by atoms with Crippen LogP contribution in [0.2, 0.25) is 0 Å². The zero-order valence-electron chi connectivity index (χ0n) is 16.1. The molecule has 0 atom stereocenters. The number of hydrogen-bond acceptors (Lipinski definition) is 6. The molecule has 0 radical (unpaired) electrons. The van der Waals surface area contributed by atoms with Gasteiger partial charge in [-0.15, -0.1) is 16.8 Å². The largest absolute Gasteiger partial charge is 0.497 e. The Bertz CT molecular complexity index is 1020. The summed E-state index contributed by atoms with van der Waals surface area (Å²) >= 11 is 1.23. The number of rotatable bonds is 9. The number of thioether (sulfide) groups is 1. The van der Waals surface area contributed by atoms with E-state index in [1.807, 2.05) is 28.8 Å². The molecule has 0 saturated heterocycles. The second-order valence-electron chi connectivity index (χ2n) is 5.99. The fourth-order valence-corrected chi connectivity index (χ4v) is 3.58. The van der Waals surface area contributed by atoms with Gasteiger partial charge in [0.1, 0.15) is 17.3 Å². The quantitative estimate of drug-likeness (QED) is 0.297. The number of nitrogens with zero attached hydrogens (tertiary/aromatic N) is 3. The number of carbonyl (C=O) groups is 1. The lowest BCUT2D eigenvalue weighted by Crippen LogP contribution is -2.07. The van der Waals surface area contributed by atoms with Crippen LogP contribution in [0.5, 0.6) is 11.5 Å². The fourth-order valence-electron chi connectivity index (χ4n) is 2.75. The molecule has 3 rings (SSSR count). The van der Waals surface area contributed by atoms with Crippen molar-refractivity contribution in [2.45, 2.75) is 11.7 Å². The molecule has 0 amide bonds. The first-order valence-electron chi connectivity index (χ1n) is 8.75. The van der Waals surface area contributed by atoms with Crippen LogP contribution in [0.3, 0.4) is 0 Å². The molecule has 1 heterocycles. The second kappa shape index (κ2) is 9.38. The van der Waals surface area contributed by atoms with Gasteiger partial charge in [-0.05, 0) is 42.5 Å². The zero-order valence-corrected chi connectivity index (χ0v) is 16.9. The first-order chi connectivity index (χ1) is 14.1. The summed E-state index contributed by atoms with van der Waals surface area (Å²) < 4.78 is 25.8. The van der Waals surface area contributed by atoms with Crippen molar-refractivity contribution in [1.82, 2.24) is 14.8 Å². The summed E-state index contributed by atoms with van der Waals surface area (Å²) in [6.07, 6.45) is 1.73. The highest BCUT2D eigenvalue weighted by Crippen LogP contribution is 2.27. The minimum Gasteiger partial charge on any atom is -0.497 e. The van der Waals surface area contributed by atoms with E-state index in [0.717, 1.165) is 11.3 Å². The van der Waals surface area contributed by atoms with Gasteiger partial charge in [-0.3, -0.25) is 9.36 Å². The maximum Gasteiger partial charge on any atom is 0.192 e. The molecule has 0 aliphatic carbocycles. The van der Waals surface area contributed by atoms with Gasteiger partial charge in [0.05, 0.1) is 25.5 Å². The standard InChI is InChI=1S/C21H20FN3O3S/c1-4-11-25-20(14-5-8-16(27-2)9-6-14)23-24-21(25)29-13-18(26)17-12-15(22)7-10-19(17)28-3/h4-10,12H,1,11,13H2,2-3H3. The minimum atomic E-state index is -0.490. The molecule has 0 unspecified atom stereocenters. The number of allylic oxidation sites excluding steroid dienone is 1. The van der Waals surface area contributed by atoms with Gasteiger partial charge in [-0.2, -0.15) is 0 Å². The van der Waals surface area contributed by atoms with Gasteiger partial charge in [0.15, 0.2) is 16.8 Å². The van der Waals surface area contributed by atoms with E-state index in [1.165, 1.54) is 37.1 Å². The predicted molar refractivity (Wildman–Crippen MR) is 110 cm³/mol. The molecule has 6 nitrogen and oxygen atoms in total. The van der Waals surface area contributed by atoms with Crippen molar-refractivity contribution >= 4 is 17.5 Å². The molecule has 0 aliphatic heterocycles. The van der Waals surface area contributed by atoms with E-state index in [4.69, 9.17) is 9.47 Å². The number of ether oxygens (including phenoxy) is 2. The molecule has 2 aromatic carbocycles. The highest BCUT2D eigenvalue weighted by Gasteiger charge is 2.18. The third-order valence-electron chi connectivity index (χ3n) is 4.17. The molecular weight excluding hydrogens is 393 g/mol. The lowest BCUT2D eigenvalue weighted by Gasteiger charge is -2.09. The molecule has 150 valence electrons. The van der Waals surface area contributed by atoms with Gasteiger partial charge < -0.3 is 9.47 Å². The van der Waals surface area contributed by atoms with Crippen molar-refractivity contribution in [2.75, 3.05) is 20.0 Å². The van der Waals surface area contributed by atoms with Crippen LogP contribution in [-0.2, 0) is 6.54 Å². The van der Waals surface area contributed by atoms with E-state index < -0.39 is 5.82 Å². The summed E-state index contributed by atoms with van der Waals surface area (Å²) in [5, 5.41) is 9.05. The first-order valence-corrected chi connectivity index (χ1v) is 9.74. The zero-order chi connectivity index (χ0) is 20.8. The third-order valence-corrected chi connectivity index (χ3v) is 5.14. The first kappa shape index (κ1) is 20.6. The summed E-state index contributed by atoms with van der Waals surface area (Å²) in [6.45, 7) is 4.26. The van der Waals surface area contributed by atoms with Crippen LogP contribution in [0, 0.1) is 5.82 Å². The Labute approximate surface area is 172 Å². The van der Waals surface area contributed by atoms with Crippen LogP contribution in [0.15, 0.2) is 60.3 Å². The van der Waals surface area contributed by atoms with Crippen molar-refractivity contribution in [3.63, 3.8) is 0 Å². The van der Waals surface area contributed by atoms with E-state index in [1.54, 1.807) is 13.2 Å². The van der Waals surface area contributed by atoms with E-state index in [0.29, 0.717) is 23.3 Å². The predicted octanol–water partition coefficient (Wildman–Crippen LogP) is 4.26. The number of aromatic nitrogens is 3. The highest BCUT2D eigenvalue weighted by molar-refractivity contribution is 7.99. The van der Waals surface area contributed by atoms with Gasteiger partial charge in [-0.25, -0.2) is 4.39 Å². The van der Waals surface area contributed by atoms with Crippen LogP contribution in [-0.4, -0.2) is 40.5 Å². The summed E-state index contributed by atoms with van der Waals surface area (Å²) in [7, 11) is 3.05. The molecule has 3 aromatic rings. The molecule has 8 heteroatoms. The maximum atomic E-state index is 13.6. The fraction of sp³-hybridized carbons (Fsp3) is 0.190. The average Bonchev–Trinajstić information content (AvgIpc) is 3.15. The van der Waals surface area contributed by atoms with Crippen LogP contribution >= 0.6 is 11.8 Å². The van der Waals surface area contributed by atoms with Crippen molar-refractivity contribution in [2.24, 2.45) is 0 Å². The van der Waals surface area contributed by atoms with E-state index in [2.05, 4.69) is 16.8 Å². The summed E-state index contributed by atoms with van der Waals surface area (Å²) in [5.41, 5.74) is 1.07. The Morgan fingerprint density at radius 1 is 1.17 bits per heavy atom. The Morgan fingerprint density at radius 2 is 1.93 bits per heavy atom. The number of hydrogen-bond donors (Lipinski definition) is 0. The molecule has 0 bridgehead atoms. The van der Waals surface area contributed by atoms with Crippen LogP contribution < -0.4 is 9.47 Å². The highest BCUT2D eigenvalue weighted by atomic mass is 32.2. The smallest absolute Gasteiger partial charge is 0.192 e. The molecule has 29 heavy (non-hydrogen) atoms. The number of benzene rings is 2. The van der Waals surface area contributed by atoms with Crippen LogP contribution in [0.4, 0.5) is 4.39 Å². The molecule has 0 aliphatic rings.